The Hall–Kier alpha value is -1.27. The van der Waals surface area contributed by atoms with E-state index in [2.05, 4.69) is 26.1 Å². The van der Waals surface area contributed by atoms with Gasteiger partial charge in [-0.3, -0.25) is 4.57 Å². The van der Waals surface area contributed by atoms with E-state index < -0.39 is 0 Å². The maximum atomic E-state index is 13.2. The molecule has 0 saturated carbocycles. The molecule has 0 spiro atoms. The Morgan fingerprint density at radius 3 is 2.94 bits per heavy atom. The second-order valence-corrected chi connectivity index (χ2v) is 4.18. The Balaban J connectivity index is 2.60. The molecule has 0 radical (unpaired) electrons. The van der Waals surface area contributed by atoms with Gasteiger partial charge in [0.05, 0.1) is 10.2 Å². The van der Waals surface area contributed by atoms with Crippen LogP contribution in [0.25, 0.3) is 5.69 Å². The van der Waals surface area contributed by atoms with Crippen LogP contribution in [0.3, 0.4) is 0 Å². The molecule has 1 aromatic heterocycles. The van der Waals surface area contributed by atoms with Gasteiger partial charge in [-0.05, 0) is 40.5 Å². The van der Waals surface area contributed by atoms with E-state index in [9.17, 15) is 4.39 Å². The third-order valence-electron chi connectivity index (χ3n) is 2.26. The fraction of sp³-hybridized carbons (Fsp3) is 0.200. The van der Waals surface area contributed by atoms with Gasteiger partial charge < -0.3 is 5.11 Å². The van der Waals surface area contributed by atoms with E-state index >= 15 is 0 Å². The van der Waals surface area contributed by atoms with Crippen molar-refractivity contribution in [3.8, 4) is 5.69 Å². The maximum absolute atomic E-state index is 13.2. The highest BCUT2D eigenvalue weighted by atomic mass is 79.9. The first-order valence-corrected chi connectivity index (χ1v) is 5.38. The van der Waals surface area contributed by atoms with Crippen LogP contribution >= 0.6 is 15.9 Å². The minimum atomic E-state index is -0.320. The van der Waals surface area contributed by atoms with Crippen LogP contribution in [0.15, 0.2) is 22.9 Å². The normalized spacial score (nSPS) is 10.8. The average Bonchev–Trinajstić information content (AvgIpc) is 2.71. The van der Waals surface area contributed by atoms with Crippen molar-refractivity contribution >= 4 is 15.9 Å². The Kier molecular flexibility index (Phi) is 3.02. The van der Waals surface area contributed by atoms with Gasteiger partial charge >= 0.3 is 0 Å². The Bertz CT molecular complexity index is 527. The molecule has 1 N–H and O–H groups in total. The van der Waals surface area contributed by atoms with E-state index in [1.54, 1.807) is 17.6 Å². The molecule has 0 aliphatic rings. The molecule has 0 atom stereocenters. The zero-order valence-electron chi connectivity index (χ0n) is 8.48. The summed E-state index contributed by atoms with van der Waals surface area (Å²) >= 11 is 3.12. The number of rotatable bonds is 2. The lowest BCUT2D eigenvalue weighted by Crippen LogP contribution is -2.02. The fourth-order valence-electron chi connectivity index (χ4n) is 1.46. The lowest BCUT2D eigenvalue weighted by molar-refractivity contribution is 0.269. The van der Waals surface area contributed by atoms with E-state index in [0.717, 1.165) is 11.3 Å². The summed E-state index contributed by atoms with van der Waals surface area (Å²) in [5, 5.41) is 16.5. The molecule has 0 aliphatic carbocycles. The Labute approximate surface area is 99.9 Å². The summed E-state index contributed by atoms with van der Waals surface area (Å²) in [5.74, 6) is 0.0986. The van der Waals surface area contributed by atoms with Gasteiger partial charge in [0.1, 0.15) is 18.8 Å². The molecule has 4 nitrogen and oxygen atoms in total. The molecular formula is C10H9BrFN3O. The zero-order valence-corrected chi connectivity index (χ0v) is 10.1. The van der Waals surface area contributed by atoms with Crippen LogP contribution in [0.2, 0.25) is 0 Å². The topological polar surface area (TPSA) is 50.9 Å². The molecule has 1 heterocycles. The van der Waals surface area contributed by atoms with Crippen LogP contribution in [0.4, 0.5) is 4.39 Å². The van der Waals surface area contributed by atoms with Crippen molar-refractivity contribution in [2.24, 2.45) is 0 Å². The fourth-order valence-corrected chi connectivity index (χ4v) is 1.79. The molecule has 16 heavy (non-hydrogen) atoms. The predicted molar refractivity (Wildman–Crippen MR) is 59.7 cm³/mol. The molecule has 2 aromatic rings. The Morgan fingerprint density at radius 1 is 1.50 bits per heavy atom. The zero-order chi connectivity index (χ0) is 11.7. The van der Waals surface area contributed by atoms with Gasteiger partial charge in [0.25, 0.3) is 0 Å². The average molecular weight is 286 g/mol. The molecule has 0 bridgehead atoms. The van der Waals surface area contributed by atoms with Gasteiger partial charge in [-0.1, -0.05) is 0 Å². The number of nitrogens with zero attached hydrogens (tertiary/aromatic N) is 3. The number of benzene rings is 1. The highest BCUT2D eigenvalue weighted by Crippen LogP contribution is 2.23. The van der Waals surface area contributed by atoms with Crippen LogP contribution in [0.5, 0.6) is 0 Å². The molecule has 0 unspecified atom stereocenters. The van der Waals surface area contributed by atoms with Crippen molar-refractivity contribution in [3.63, 3.8) is 0 Å². The van der Waals surface area contributed by atoms with E-state index in [4.69, 9.17) is 5.11 Å². The number of halogens is 2. The summed E-state index contributed by atoms with van der Waals surface area (Å²) in [5.41, 5.74) is 1.48. The van der Waals surface area contributed by atoms with Gasteiger partial charge in [-0.2, -0.15) is 0 Å². The predicted octanol–water partition coefficient (Wildman–Crippen LogP) is 1.97. The van der Waals surface area contributed by atoms with Crippen LogP contribution in [0, 0.1) is 12.7 Å². The van der Waals surface area contributed by atoms with Gasteiger partial charge in [-0.25, -0.2) is 4.39 Å². The minimum absolute atomic E-state index is 0.214. The summed E-state index contributed by atoms with van der Waals surface area (Å²) in [6.45, 7) is 1.57. The summed E-state index contributed by atoms with van der Waals surface area (Å²) < 4.78 is 15.2. The summed E-state index contributed by atoms with van der Waals surface area (Å²) in [4.78, 5) is 0. The highest BCUT2D eigenvalue weighted by molar-refractivity contribution is 9.10. The van der Waals surface area contributed by atoms with E-state index in [1.165, 1.54) is 12.4 Å². The first-order valence-electron chi connectivity index (χ1n) is 4.59. The third kappa shape index (κ3) is 1.85. The molecule has 1 aromatic carbocycles. The molecule has 84 valence electrons. The number of aliphatic hydroxyl groups excluding tert-OH is 1. The summed E-state index contributed by atoms with van der Waals surface area (Å²) in [6.07, 6.45) is 1.48. The molecule has 0 aliphatic heterocycles. The maximum Gasteiger partial charge on any atom is 0.163 e. The number of aryl methyl sites for hydroxylation is 1. The first-order chi connectivity index (χ1) is 7.63. The van der Waals surface area contributed by atoms with E-state index in [1.807, 2.05) is 0 Å². The smallest absolute Gasteiger partial charge is 0.163 e. The van der Waals surface area contributed by atoms with Gasteiger partial charge in [0.15, 0.2) is 5.82 Å². The summed E-state index contributed by atoms with van der Waals surface area (Å²) in [7, 11) is 0. The van der Waals surface area contributed by atoms with Gasteiger partial charge in [0, 0.05) is 0 Å². The SMILES string of the molecule is Cc1cc(F)c(Br)cc1-n1cnnc1CO. The van der Waals surface area contributed by atoms with Crippen molar-refractivity contribution in [2.75, 3.05) is 0 Å². The standard InChI is InChI=1S/C10H9BrFN3O/c1-6-2-8(12)7(11)3-9(6)15-5-13-14-10(15)4-16/h2-3,5,16H,4H2,1H3. The summed E-state index contributed by atoms with van der Waals surface area (Å²) in [6, 6.07) is 3.05. The number of hydrogen-bond donors (Lipinski definition) is 1. The van der Waals surface area contributed by atoms with E-state index in [0.29, 0.717) is 10.3 Å². The second-order valence-electron chi connectivity index (χ2n) is 3.33. The van der Waals surface area contributed by atoms with Gasteiger partial charge in [0.2, 0.25) is 0 Å². The van der Waals surface area contributed by atoms with Crippen molar-refractivity contribution in [1.82, 2.24) is 14.8 Å². The molecular weight excluding hydrogens is 277 g/mol. The largest absolute Gasteiger partial charge is 0.388 e. The molecule has 0 saturated heterocycles. The highest BCUT2D eigenvalue weighted by Gasteiger charge is 2.10. The molecule has 0 amide bonds. The molecule has 6 heteroatoms. The van der Waals surface area contributed by atoms with Gasteiger partial charge in [-0.15, -0.1) is 10.2 Å². The lowest BCUT2D eigenvalue weighted by atomic mass is 10.2. The first kappa shape index (κ1) is 11.2. The number of hydrogen-bond acceptors (Lipinski definition) is 3. The van der Waals surface area contributed by atoms with Crippen LogP contribution in [0.1, 0.15) is 11.4 Å². The minimum Gasteiger partial charge on any atom is -0.388 e. The van der Waals surface area contributed by atoms with Crippen LogP contribution < -0.4 is 0 Å². The van der Waals surface area contributed by atoms with Crippen molar-refractivity contribution in [1.29, 1.82) is 0 Å². The van der Waals surface area contributed by atoms with Crippen molar-refractivity contribution in [3.05, 3.63) is 40.1 Å². The van der Waals surface area contributed by atoms with Crippen molar-refractivity contribution in [2.45, 2.75) is 13.5 Å². The van der Waals surface area contributed by atoms with E-state index in [-0.39, 0.29) is 12.4 Å². The second kappa shape index (κ2) is 4.31. The van der Waals surface area contributed by atoms with Crippen LogP contribution in [-0.2, 0) is 6.61 Å². The Morgan fingerprint density at radius 2 is 2.25 bits per heavy atom. The van der Waals surface area contributed by atoms with Crippen molar-refractivity contribution < 1.29 is 9.50 Å². The molecule has 2 rings (SSSR count). The number of aliphatic hydroxyl groups is 1. The lowest BCUT2D eigenvalue weighted by Gasteiger charge is -2.09. The quantitative estimate of drug-likeness (QED) is 0.918. The number of aromatic nitrogens is 3. The van der Waals surface area contributed by atoms with Crippen LogP contribution in [-0.4, -0.2) is 19.9 Å². The third-order valence-corrected chi connectivity index (χ3v) is 2.87. The molecule has 0 fully saturated rings. The monoisotopic (exact) mass is 285 g/mol.